The van der Waals surface area contributed by atoms with Crippen LogP contribution in [0.5, 0.6) is 0 Å². The molecule has 6 heterocycles. The maximum absolute atomic E-state index is 10.5. The van der Waals surface area contributed by atoms with Gasteiger partial charge in [0.1, 0.15) is 38.4 Å². The molecule has 0 saturated carbocycles. The van der Waals surface area contributed by atoms with Crippen molar-refractivity contribution in [3.63, 3.8) is 0 Å². The molecule has 6 fully saturated rings. The second kappa shape index (κ2) is 10.3. The summed E-state index contributed by atoms with van der Waals surface area (Å²) < 4.78 is 2.12. The Labute approximate surface area is 225 Å². The maximum Gasteiger partial charge on any atom is 0.106 e. The topological polar surface area (TPSA) is 40.5 Å². The van der Waals surface area contributed by atoms with Gasteiger partial charge in [-0.3, -0.25) is 0 Å². The van der Waals surface area contributed by atoms with Gasteiger partial charge in [-0.2, -0.15) is 0 Å². The Balaban J connectivity index is 0.00000137. The molecule has 6 aliphatic heterocycles. The van der Waals surface area contributed by atoms with Crippen molar-refractivity contribution in [2.75, 3.05) is 39.3 Å². The van der Waals surface area contributed by atoms with Gasteiger partial charge in [-0.05, 0) is 23.3 Å². The predicted molar refractivity (Wildman–Crippen MR) is 126 cm³/mol. The number of nitrogens with zero attached hydrogens (tertiary/aromatic N) is 2. The molecule has 0 aliphatic carbocycles. The second-order valence-electron chi connectivity index (χ2n) is 11.5. The van der Waals surface area contributed by atoms with Crippen LogP contribution < -0.4 is 34.0 Å². The normalized spacial score (nSPS) is 35.9. The SMILES string of the molecule is O[C@@H]1C[N+]2(Cc3cccc(-c4cccc(C[N+]56CCC(CC5)[C@@H](O)C6)c4)c3)CCC1CC2.[Br-].[Br-]. The lowest BCUT2D eigenvalue weighted by molar-refractivity contribution is -0.958. The number of aliphatic hydroxyl groups is 2. The van der Waals surface area contributed by atoms with Gasteiger partial charge in [0, 0.05) is 48.6 Å². The molecule has 2 atom stereocenters. The van der Waals surface area contributed by atoms with Gasteiger partial charge in [0.15, 0.2) is 0 Å². The Hall–Kier alpha value is -0.760. The molecule has 4 bridgehead atoms. The van der Waals surface area contributed by atoms with E-state index in [4.69, 9.17) is 0 Å². The molecule has 0 spiro atoms. The maximum atomic E-state index is 10.5. The zero-order valence-corrected chi connectivity index (χ0v) is 23.1. The fourth-order valence-electron chi connectivity index (χ4n) is 7.42. The van der Waals surface area contributed by atoms with E-state index in [9.17, 15) is 10.2 Å². The van der Waals surface area contributed by atoms with Gasteiger partial charge in [0.05, 0.1) is 26.2 Å². The second-order valence-corrected chi connectivity index (χ2v) is 11.5. The van der Waals surface area contributed by atoms with Crippen molar-refractivity contribution >= 4 is 0 Å². The molecule has 0 aromatic heterocycles. The standard InChI is InChI=1S/C28H38N2O2.2BrH/c31-27-19-29(11-7-23(27)8-12-29)17-21-3-1-5-25(15-21)26-6-2-4-22(16-26)18-30-13-9-24(10-14-30)28(32)20-30;;/h1-6,15-16,23-24,27-28,31-32H,7-14,17-20H2;2*1H/q+2;;/p-2/t23?,24?,27-,28+,29?,30?;;. The summed E-state index contributed by atoms with van der Waals surface area (Å²) >= 11 is 0. The third kappa shape index (κ3) is 5.05. The van der Waals surface area contributed by atoms with Gasteiger partial charge in [-0.25, -0.2) is 0 Å². The van der Waals surface area contributed by atoms with Crippen LogP contribution in [-0.4, -0.2) is 70.7 Å². The van der Waals surface area contributed by atoms with E-state index in [2.05, 4.69) is 48.5 Å². The predicted octanol–water partition coefficient (Wildman–Crippen LogP) is -2.44. The molecule has 6 heteroatoms. The summed E-state index contributed by atoms with van der Waals surface area (Å²) in [4.78, 5) is 0. The molecule has 6 aliphatic rings. The molecule has 34 heavy (non-hydrogen) atoms. The minimum Gasteiger partial charge on any atom is -1.00 e. The van der Waals surface area contributed by atoms with Gasteiger partial charge in [-0.1, -0.05) is 36.4 Å². The van der Waals surface area contributed by atoms with Crippen molar-refractivity contribution in [2.24, 2.45) is 11.8 Å². The largest absolute Gasteiger partial charge is 1.00 e. The molecule has 8 rings (SSSR count). The number of benzene rings is 2. The zero-order chi connectivity index (χ0) is 21.8. The summed E-state index contributed by atoms with van der Waals surface area (Å²) in [6.07, 6.45) is 4.50. The smallest absolute Gasteiger partial charge is 0.106 e. The van der Waals surface area contributed by atoms with Crippen LogP contribution in [0.2, 0.25) is 0 Å². The van der Waals surface area contributed by atoms with E-state index in [1.807, 2.05) is 0 Å². The lowest BCUT2D eigenvalue weighted by Gasteiger charge is -2.51. The molecular weight excluding hydrogens is 556 g/mol. The van der Waals surface area contributed by atoms with E-state index < -0.39 is 0 Å². The Morgan fingerprint density at radius 3 is 1.35 bits per heavy atom. The Kier molecular flexibility index (Phi) is 7.98. The fraction of sp³-hybridized carbons (Fsp3) is 0.571. The van der Waals surface area contributed by atoms with Gasteiger partial charge in [0.2, 0.25) is 0 Å². The average molecular weight is 594 g/mol. The fourth-order valence-corrected chi connectivity index (χ4v) is 7.42. The molecule has 186 valence electrons. The highest BCUT2D eigenvalue weighted by molar-refractivity contribution is 5.64. The summed E-state index contributed by atoms with van der Waals surface area (Å²) in [6.45, 7) is 8.80. The van der Waals surface area contributed by atoms with Crippen LogP contribution in [0.3, 0.4) is 0 Å². The number of halogens is 2. The Morgan fingerprint density at radius 1 is 0.618 bits per heavy atom. The molecule has 0 amide bonds. The average Bonchev–Trinajstić information content (AvgIpc) is 2.80. The van der Waals surface area contributed by atoms with Crippen LogP contribution in [0.1, 0.15) is 36.8 Å². The van der Waals surface area contributed by atoms with E-state index in [-0.39, 0.29) is 46.2 Å². The molecule has 2 aromatic carbocycles. The highest BCUT2D eigenvalue weighted by Crippen LogP contribution is 2.37. The van der Waals surface area contributed by atoms with Gasteiger partial charge in [0.25, 0.3) is 0 Å². The van der Waals surface area contributed by atoms with Crippen LogP contribution >= 0.6 is 0 Å². The van der Waals surface area contributed by atoms with E-state index in [1.165, 1.54) is 74.1 Å². The molecule has 2 N–H and O–H groups in total. The summed E-state index contributed by atoms with van der Waals surface area (Å²) in [5, 5.41) is 20.9. The summed E-state index contributed by atoms with van der Waals surface area (Å²) in [5.41, 5.74) is 5.38. The Morgan fingerprint density at radius 2 is 1.00 bits per heavy atom. The zero-order valence-electron chi connectivity index (χ0n) is 20.0. The minimum atomic E-state index is -0.108. The summed E-state index contributed by atoms with van der Waals surface area (Å²) in [5.74, 6) is 1.09. The van der Waals surface area contributed by atoms with Crippen molar-refractivity contribution in [1.82, 2.24) is 0 Å². The first kappa shape index (κ1) is 26.3. The van der Waals surface area contributed by atoms with Gasteiger partial charge < -0.3 is 53.1 Å². The summed E-state index contributed by atoms with van der Waals surface area (Å²) in [6, 6.07) is 18.2. The summed E-state index contributed by atoms with van der Waals surface area (Å²) in [7, 11) is 0. The lowest BCUT2D eigenvalue weighted by atomic mass is 9.83. The Bertz CT molecular complexity index is 904. The quantitative estimate of drug-likeness (QED) is 0.379. The van der Waals surface area contributed by atoms with E-state index >= 15 is 0 Å². The van der Waals surface area contributed by atoms with Crippen molar-refractivity contribution in [2.45, 2.75) is 51.0 Å². The molecule has 0 unspecified atom stereocenters. The van der Waals surface area contributed by atoms with Crippen molar-refractivity contribution < 1.29 is 53.1 Å². The minimum absolute atomic E-state index is 0. The van der Waals surface area contributed by atoms with Crippen molar-refractivity contribution in [3.8, 4) is 11.1 Å². The van der Waals surface area contributed by atoms with E-state index in [0.717, 1.165) is 35.1 Å². The number of aliphatic hydroxyl groups excluding tert-OH is 2. The number of hydrogen-bond acceptors (Lipinski definition) is 2. The number of piperidine rings is 6. The highest BCUT2D eigenvalue weighted by Gasteiger charge is 2.46. The number of quaternary nitrogens is 2. The number of rotatable bonds is 5. The first-order chi connectivity index (χ1) is 15.5. The molecule has 4 nitrogen and oxygen atoms in total. The van der Waals surface area contributed by atoms with Crippen LogP contribution in [0, 0.1) is 11.8 Å². The molecular formula is C28H38Br2N2O2. The monoisotopic (exact) mass is 592 g/mol. The van der Waals surface area contributed by atoms with Crippen molar-refractivity contribution in [3.05, 3.63) is 59.7 Å². The first-order valence-corrected chi connectivity index (χ1v) is 12.8. The molecule has 2 aromatic rings. The molecule has 0 radical (unpaired) electrons. The molecule has 6 saturated heterocycles. The van der Waals surface area contributed by atoms with Crippen LogP contribution in [0.4, 0.5) is 0 Å². The van der Waals surface area contributed by atoms with Gasteiger partial charge >= 0.3 is 0 Å². The van der Waals surface area contributed by atoms with Crippen LogP contribution in [0.25, 0.3) is 11.1 Å². The van der Waals surface area contributed by atoms with E-state index in [0.29, 0.717) is 11.8 Å². The number of hydrogen-bond donors (Lipinski definition) is 2. The third-order valence-electron chi connectivity index (χ3n) is 9.36. The highest BCUT2D eigenvalue weighted by atomic mass is 79.9. The lowest BCUT2D eigenvalue weighted by Crippen LogP contribution is -3.00. The third-order valence-corrected chi connectivity index (χ3v) is 9.36. The van der Waals surface area contributed by atoms with Crippen LogP contribution in [0.15, 0.2) is 48.5 Å². The van der Waals surface area contributed by atoms with Crippen LogP contribution in [-0.2, 0) is 13.1 Å². The van der Waals surface area contributed by atoms with Crippen molar-refractivity contribution in [1.29, 1.82) is 0 Å². The first-order valence-electron chi connectivity index (χ1n) is 12.8. The number of fused-ring (bicyclic) bond motifs is 6. The van der Waals surface area contributed by atoms with Gasteiger partial charge in [-0.15, -0.1) is 0 Å². The van der Waals surface area contributed by atoms with E-state index in [1.54, 1.807) is 0 Å².